The van der Waals surface area contributed by atoms with Crippen LogP contribution in [-0.2, 0) is 9.47 Å². The predicted molar refractivity (Wildman–Crippen MR) is 239 cm³/mol. The van der Waals surface area contributed by atoms with Crippen molar-refractivity contribution in [3.8, 4) is 20.9 Å². The van der Waals surface area contributed by atoms with Gasteiger partial charge in [0, 0.05) is 39.7 Å². The number of ether oxygens (including phenoxy) is 2. The molecule has 0 aliphatic carbocycles. The van der Waals surface area contributed by atoms with E-state index >= 15 is 0 Å². The van der Waals surface area contributed by atoms with Crippen molar-refractivity contribution in [2.45, 2.75) is 142 Å². The fourth-order valence-corrected chi connectivity index (χ4v) is 12.3. The molecule has 6 nitrogen and oxygen atoms in total. The molecule has 55 heavy (non-hydrogen) atoms. The molecule has 0 saturated carbocycles. The van der Waals surface area contributed by atoms with Gasteiger partial charge in [-0.1, -0.05) is 142 Å². The maximum atomic E-state index is 12.8. The molecule has 6 rings (SSSR count). The van der Waals surface area contributed by atoms with Crippen molar-refractivity contribution >= 4 is 98.8 Å². The summed E-state index contributed by atoms with van der Waals surface area (Å²) in [5.74, 6) is -0.434. The van der Waals surface area contributed by atoms with Crippen LogP contribution in [-0.4, -0.2) is 33.9 Å². The van der Waals surface area contributed by atoms with Crippen LogP contribution in [0, 0.1) is 0 Å². The summed E-state index contributed by atoms with van der Waals surface area (Å²) in [6, 6.07) is 12.5. The van der Waals surface area contributed by atoms with Crippen molar-refractivity contribution in [1.29, 1.82) is 0 Å². The van der Waals surface area contributed by atoms with E-state index in [0.29, 0.717) is 23.0 Å². The van der Waals surface area contributed by atoms with E-state index in [9.17, 15) is 9.59 Å². The topological polar surface area (TPSA) is 78.4 Å². The normalized spacial score (nSPS) is 11.7. The van der Waals surface area contributed by atoms with Gasteiger partial charge in [0.15, 0.2) is 0 Å². The third-order valence-corrected chi connectivity index (χ3v) is 15.4. The number of esters is 2. The quantitative estimate of drug-likeness (QED) is 0.0400. The van der Waals surface area contributed by atoms with Gasteiger partial charge in [0.25, 0.3) is 0 Å². The summed E-state index contributed by atoms with van der Waals surface area (Å²) in [5, 5.41) is 0. The molecular formula is C44H56N2O4S5. The molecular weight excluding hydrogens is 781 g/mol. The highest BCUT2D eigenvalue weighted by Gasteiger charge is 2.20. The molecule has 0 saturated heterocycles. The Hall–Kier alpha value is -2.70. The number of carbonyl (C=O) groups excluding carboxylic acids is 2. The molecule has 0 unspecified atom stereocenters. The van der Waals surface area contributed by atoms with Gasteiger partial charge in [0.05, 0.1) is 24.9 Å². The number of nitrogens with zero attached hydrogens (tertiary/aromatic N) is 2. The van der Waals surface area contributed by atoms with Gasteiger partial charge in [-0.25, -0.2) is 9.59 Å². The highest BCUT2D eigenvalue weighted by molar-refractivity contribution is 7.31. The van der Waals surface area contributed by atoms with Crippen LogP contribution < -0.4 is 0 Å². The first-order chi connectivity index (χ1) is 27.1. The van der Waals surface area contributed by atoms with E-state index in [1.807, 2.05) is 12.1 Å². The summed E-state index contributed by atoms with van der Waals surface area (Å²) >= 11 is 7.59. The second-order valence-corrected chi connectivity index (χ2v) is 19.5. The molecule has 0 radical (unpaired) electrons. The number of aromatic nitrogens is 2. The Morgan fingerprint density at radius 2 is 0.818 bits per heavy atom. The first-order valence-corrected chi connectivity index (χ1v) is 24.7. The molecule has 1 aromatic carbocycles. The van der Waals surface area contributed by atoms with Gasteiger partial charge in [-0.05, 0) is 37.1 Å². The van der Waals surface area contributed by atoms with Crippen LogP contribution in [0.25, 0.3) is 50.7 Å². The minimum absolute atomic E-state index is 0.217. The van der Waals surface area contributed by atoms with E-state index < -0.39 is 0 Å². The fraction of sp³-hybridized carbons (Fsp3) is 0.545. The van der Waals surface area contributed by atoms with Crippen molar-refractivity contribution in [2.75, 3.05) is 13.2 Å². The summed E-state index contributed by atoms with van der Waals surface area (Å²) in [7, 11) is 0. The maximum Gasteiger partial charge on any atom is 0.348 e. The summed E-state index contributed by atoms with van der Waals surface area (Å²) in [6.45, 7) is 5.49. The summed E-state index contributed by atoms with van der Waals surface area (Å²) in [4.78, 5) is 29.2. The molecule has 0 aliphatic heterocycles. The van der Waals surface area contributed by atoms with E-state index in [2.05, 4.69) is 38.1 Å². The molecule has 0 amide bonds. The lowest BCUT2D eigenvalue weighted by Crippen LogP contribution is -2.04. The zero-order valence-corrected chi connectivity index (χ0v) is 36.7. The zero-order chi connectivity index (χ0) is 38.2. The Labute approximate surface area is 347 Å². The highest BCUT2D eigenvalue weighted by Crippen LogP contribution is 2.45. The second-order valence-electron chi connectivity index (χ2n) is 14.7. The zero-order valence-electron chi connectivity index (χ0n) is 32.6. The summed E-state index contributed by atoms with van der Waals surface area (Å²) < 4.78 is 25.1. The first kappa shape index (κ1) is 41.9. The number of fused-ring (bicyclic) bond motifs is 3. The molecule has 0 N–H and O–H groups in total. The minimum Gasteiger partial charge on any atom is -0.462 e. The number of hydrogen-bond donors (Lipinski definition) is 0. The molecule has 0 atom stereocenters. The standard InChI is InChI=1S/C44H56N2O4S5/c1-3-5-7-9-11-13-15-17-19-21-25-49-43(47)39-29-37-35(53-39)27-33(51-37)31-23-24-32(42-41(31)45-55-46-42)34-28-36-38(52-34)30-40(54-36)44(48)50-26-22-20-18-16-14-12-10-8-6-4-2/h23-24,27-30H,3-22,25-26H2,1-2H3. The molecule has 11 heteroatoms. The number of benzene rings is 1. The first-order valence-electron chi connectivity index (χ1n) is 20.7. The minimum atomic E-state index is -0.217. The average Bonchev–Trinajstić information content (AvgIpc) is 4.02. The van der Waals surface area contributed by atoms with Crippen molar-refractivity contribution in [2.24, 2.45) is 0 Å². The lowest BCUT2D eigenvalue weighted by atomic mass is 10.1. The lowest BCUT2D eigenvalue weighted by molar-refractivity contribution is 0.0494. The van der Waals surface area contributed by atoms with Crippen molar-refractivity contribution in [3.05, 3.63) is 46.2 Å². The second kappa shape index (κ2) is 22.3. The monoisotopic (exact) mass is 836 g/mol. The van der Waals surface area contributed by atoms with Crippen molar-refractivity contribution < 1.29 is 19.1 Å². The van der Waals surface area contributed by atoms with Crippen LogP contribution in [0.1, 0.15) is 162 Å². The Morgan fingerprint density at radius 1 is 0.473 bits per heavy atom. The number of hydrogen-bond acceptors (Lipinski definition) is 11. The molecule has 6 aromatic rings. The summed E-state index contributed by atoms with van der Waals surface area (Å²) in [5.41, 5.74) is 3.88. The third-order valence-electron chi connectivity index (χ3n) is 10.2. The van der Waals surface area contributed by atoms with E-state index in [0.717, 1.165) is 76.4 Å². The van der Waals surface area contributed by atoms with Crippen LogP contribution in [0.15, 0.2) is 36.4 Å². The van der Waals surface area contributed by atoms with Crippen LogP contribution in [0.2, 0.25) is 0 Å². The SMILES string of the molecule is CCCCCCCCCCCCOC(=O)c1cc2sc(-c3ccc(-c4cc5sc(C(=O)OCCCCCCCCCCCC)cc5s4)c4nsnc34)cc2s1. The van der Waals surface area contributed by atoms with E-state index in [-0.39, 0.29) is 11.9 Å². The smallest absolute Gasteiger partial charge is 0.348 e. The van der Waals surface area contributed by atoms with Crippen LogP contribution >= 0.6 is 57.1 Å². The van der Waals surface area contributed by atoms with E-state index in [1.54, 1.807) is 22.7 Å². The van der Waals surface area contributed by atoms with Crippen molar-refractivity contribution in [1.82, 2.24) is 8.75 Å². The number of rotatable bonds is 26. The number of carbonyl (C=O) groups is 2. The summed E-state index contributed by atoms with van der Waals surface area (Å²) in [6.07, 6.45) is 25.2. The predicted octanol–water partition coefficient (Wildman–Crippen LogP) is 15.7. The van der Waals surface area contributed by atoms with E-state index in [1.165, 1.54) is 137 Å². The van der Waals surface area contributed by atoms with Gasteiger partial charge in [-0.2, -0.15) is 8.75 Å². The molecule has 5 aromatic heterocycles. The number of unbranched alkanes of at least 4 members (excludes halogenated alkanes) is 18. The lowest BCUT2D eigenvalue weighted by Gasteiger charge is -2.04. The Kier molecular flexibility index (Phi) is 17.0. The van der Waals surface area contributed by atoms with Gasteiger partial charge < -0.3 is 9.47 Å². The Balaban J connectivity index is 0.972. The van der Waals surface area contributed by atoms with Gasteiger partial charge in [-0.15, -0.1) is 45.3 Å². The fourth-order valence-electron chi connectivity index (χ4n) is 7.05. The molecule has 0 spiro atoms. The Morgan fingerprint density at radius 3 is 1.18 bits per heavy atom. The highest BCUT2D eigenvalue weighted by atomic mass is 32.1. The molecule has 0 fully saturated rings. The molecule has 0 bridgehead atoms. The maximum absolute atomic E-state index is 12.8. The van der Waals surface area contributed by atoms with Gasteiger partial charge in [0.2, 0.25) is 0 Å². The molecule has 296 valence electrons. The largest absolute Gasteiger partial charge is 0.462 e. The van der Waals surface area contributed by atoms with Crippen LogP contribution in [0.4, 0.5) is 0 Å². The molecule has 5 heterocycles. The van der Waals surface area contributed by atoms with Crippen LogP contribution in [0.5, 0.6) is 0 Å². The average molecular weight is 837 g/mol. The molecule has 0 aliphatic rings. The third kappa shape index (κ3) is 11.9. The van der Waals surface area contributed by atoms with E-state index in [4.69, 9.17) is 18.2 Å². The Bertz CT molecular complexity index is 1880. The number of thiophene rings is 4. The van der Waals surface area contributed by atoms with Crippen molar-refractivity contribution in [3.63, 3.8) is 0 Å². The van der Waals surface area contributed by atoms with Gasteiger partial charge >= 0.3 is 11.9 Å². The van der Waals surface area contributed by atoms with Gasteiger partial charge in [-0.3, -0.25) is 0 Å². The van der Waals surface area contributed by atoms with Gasteiger partial charge in [0.1, 0.15) is 20.8 Å². The van der Waals surface area contributed by atoms with Crippen LogP contribution in [0.3, 0.4) is 0 Å².